The van der Waals surface area contributed by atoms with Crippen LogP contribution in [-0.4, -0.2) is 37.1 Å². The standard InChI is InChI=1S/C15H30N2/c1-13(2)17(3)12-15(9-5-4-6-10-15)11-16-14-7-8-14/h13-14,16H,4-12H2,1-3H3. The van der Waals surface area contributed by atoms with E-state index in [-0.39, 0.29) is 0 Å². The molecule has 2 nitrogen and oxygen atoms in total. The third-order valence-electron chi connectivity index (χ3n) is 4.72. The second kappa shape index (κ2) is 5.71. The van der Waals surface area contributed by atoms with Gasteiger partial charge in [-0.3, -0.25) is 0 Å². The summed E-state index contributed by atoms with van der Waals surface area (Å²) in [5.41, 5.74) is 0.569. The molecule has 0 aliphatic heterocycles. The van der Waals surface area contributed by atoms with E-state index in [0.29, 0.717) is 11.5 Å². The van der Waals surface area contributed by atoms with E-state index in [1.807, 2.05) is 0 Å². The minimum absolute atomic E-state index is 0.569. The Morgan fingerprint density at radius 3 is 2.35 bits per heavy atom. The van der Waals surface area contributed by atoms with Crippen LogP contribution in [0.15, 0.2) is 0 Å². The average Bonchev–Trinajstić information content (AvgIpc) is 3.11. The van der Waals surface area contributed by atoms with Crippen LogP contribution in [0.25, 0.3) is 0 Å². The molecule has 0 amide bonds. The van der Waals surface area contributed by atoms with Gasteiger partial charge < -0.3 is 10.2 Å². The van der Waals surface area contributed by atoms with Gasteiger partial charge in [0.15, 0.2) is 0 Å². The molecule has 2 rings (SSSR count). The fraction of sp³-hybridized carbons (Fsp3) is 1.00. The Bertz CT molecular complexity index is 227. The molecule has 17 heavy (non-hydrogen) atoms. The van der Waals surface area contributed by atoms with Crippen LogP contribution in [0.1, 0.15) is 58.8 Å². The Morgan fingerprint density at radius 1 is 1.18 bits per heavy atom. The molecular weight excluding hydrogens is 208 g/mol. The molecule has 2 heteroatoms. The van der Waals surface area contributed by atoms with Gasteiger partial charge >= 0.3 is 0 Å². The van der Waals surface area contributed by atoms with E-state index in [1.165, 1.54) is 58.0 Å². The van der Waals surface area contributed by atoms with Crippen molar-refractivity contribution in [3.8, 4) is 0 Å². The third kappa shape index (κ3) is 3.96. The van der Waals surface area contributed by atoms with Crippen LogP contribution in [0.2, 0.25) is 0 Å². The van der Waals surface area contributed by atoms with Gasteiger partial charge in [0.1, 0.15) is 0 Å². The van der Waals surface area contributed by atoms with E-state index in [2.05, 4.69) is 31.1 Å². The molecule has 0 heterocycles. The van der Waals surface area contributed by atoms with Gasteiger partial charge in [0.05, 0.1) is 0 Å². The fourth-order valence-corrected chi connectivity index (χ4v) is 3.05. The van der Waals surface area contributed by atoms with Crippen molar-refractivity contribution < 1.29 is 0 Å². The van der Waals surface area contributed by atoms with Crippen LogP contribution in [-0.2, 0) is 0 Å². The van der Waals surface area contributed by atoms with Crippen molar-refractivity contribution in [2.75, 3.05) is 20.1 Å². The lowest BCUT2D eigenvalue weighted by Crippen LogP contribution is -2.46. The highest BCUT2D eigenvalue weighted by Gasteiger charge is 2.35. The van der Waals surface area contributed by atoms with Crippen molar-refractivity contribution in [2.45, 2.75) is 70.9 Å². The lowest BCUT2D eigenvalue weighted by atomic mass is 9.73. The van der Waals surface area contributed by atoms with Crippen LogP contribution < -0.4 is 5.32 Å². The van der Waals surface area contributed by atoms with Crippen LogP contribution in [0, 0.1) is 5.41 Å². The second-order valence-corrected chi connectivity index (χ2v) is 6.72. The number of hydrogen-bond donors (Lipinski definition) is 1. The van der Waals surface area contributed by atoms with Gasteiger partial charge in [-0.1, -0.05) is 19.3 Å². The first kappa shape index (κ1) is 13.4. The first-order valence-corrected chi connectivity index (χ1v) is 7.55. The zero-order valence-electron chi connectivity index (χ0n) is 12.0. The molecule has 0 aromatic carbocycles. The first-order valence-electron chi connectivity index (χ1n) is 7.55. The summed E-state index contributed by atoms with van der Waals surface area (Å²) in [6, 6.07) is 1.54. The topological polar surface area (TPSA) is 15.3 Å². The summed E-state index contributed by atoms with van der Waals surface area (Å²) in [4.78, 5) is 2.54. The maximum absolute atomic E-state index is 3.78. The van der Waals surface area contributed by atoms with Gasteiger partial charge in [0.2, 0.25) is 0 Å². The molecule has 0 saturated heterocycles. The molecule has 0 aromatic rings. The summed E-state index contributed by atoms with van der Waals surface area (Å²) < 4.78 is 0. The summed E-state index contributed by atoms with van der Waals surface area (Å²) >= 11 is 0. The first-order chi connectivity index (χ1) is 8.11. The molecule has 0 spiro atoms. The minimum atomic E-state index is 0.569. The van der Waals surface area contributed by atoms with Gasteiger partial charge in [-0.15, -0.1) is 0 Å². The second-order valence-electron chi connectivity index (χ2n) is 6.72. The van der Waals surface area contributed by atoms with Crippen LogP contribution in [0.3, 0.4) is 0 Å². The monoisotopic (exact) mass is 238 g/mol. The Hall–Kier alpha value is -0.0800. The van der Waals surface area contributed by atoms with Crippen molar-refractivity contribution >= 4 is 0 Å². The lowest BCUT2D eigenvalue weighted by molar-refractivity contribution is 0.101. The Balaban J connectivity index is 1.89. The predicted molar refractivity (Wildman–Crippen MR) is 74.3 cm³/mol. The number of nitrogens with zero attached hydrogens (tertiary/aromatic N) is 1. The van der Waals surface area contributed by atoms with E-state index in [1.54, 1.807) is 0 Å². The molecular formula is C15H30N2. The molecule has 2 aliphatic carbocycles. The Labute approximate surface area is 107 Å². The summed E-state index contributed by atoms with van der Waals surface area (Å²) in [5.74, 6) is 0. The summed E-state index contributed by atoms with van der Waals surface area (Å²) in [6.07, 6.45) is 10.0. The largest absolute Gasteiger partial charge is 0.313 e. The summed E-state index contributed by atoms with van der Waals surface area (Å²) in [5, 5.41) is 3.78. The normalized spacial score (nSPS) is 24.5. The number of nitrogens with one attached hydrogen (secondary N) is 1. The highest BCUT2D eigenvalue weighted by molar-refractivity contribution is 4.91. The molecule has 0 aromatic heterocycles. The number of hydrogen-bond acceptors (Lipinski definition) is 2. The maximum atomic E-state index is 3.78. The van der Waals surface area contributed by atoms with Gasteiger partial charge in [-0.05, 0) is 52.0 Å². The molecule has 100 valence electrons. The van der Waals surface area contributed by atoms with Crippen molar-refractivity contribution in [1.82, 2.24) is 10.2 Å². The van der Waals surface area contributed by atoms with Crippen molar-refractivity contribution in [3.63, 3.8) is 0 Å². The average molecular weight is 238 g/mol. The van der Waals surface area contributed by atoms with Gasteiger partial charge in [-0.2, -0.15) is 0 Å². The van der Waals surface area contributed by atoms with E-state index in [4.69, 9.17) is 0 Å². The van der Waals surface area contributed by atoms with E-state index in [9.17, 15) is 0 Å². The van der Waals surface area contributed by atoms with E-state index in [0.717, 1.165) is 6.04 Å². The molecule has 0 unspecified atom stereocenters. The van der Waals surface area contributed by atoms with Crippen LogP contribution in [0.5, 0.6) is 0 Å². The zero-order valence-corrected chi connectivity index (χ0v) is 12.0. The van der Waals surface area contributed by atoms with E-state index >= 15 is 0 Å². The summed E-state index contributed by atoms with van der Waals surface area (Å²) in [7, 11) is 2.29. The Morgan fingerprint density at radius 2 is 1.82 bits per heavy atom. The highest BCUT2D eigenvalue weighted by atomic mass is 15.1. The molecule has 2 saturated carbocycles. The van der Waals surface area contributed by atoms with Crippen molar-refractivity contribution in [2.24, 2.45) is 5.41 Å². The minimum Gasteiger partial charge on any atom is -0.313 e. The van der Waals surface area contributed by atoms with Crippen LogP contribution in [0.4, 0.5) is 0 Å². The number of rotatable bonds is 6. The summed E-state index contributed by atoms with van der Waals surface area (Å²) in [6.45, 7) is 7.16. The highest BCUT2D eigenvalue weighted by Crippen LogP contribution is 2.37. The van der Waals surface area contributed by atoms with E-state index < -0.39 is 0 Å². The van der Waals surface area contributed by atoms with Crippen LogP contribution >= 0.6 is 0 Å². The molecule has 2 fully saturated rings. The van der Waals surface area contributed by atoms with Gasteiger partial charge in [-0.25, -0.2) is 0 Å². The molecule has 0 radical (unpaired) electrons. The maximum Gasteiger partial charge on any atom is 0.00684 e. The zero-order chi connectivity index (χ0) is 12.3. The van der Waals surface area contributed by atoms with Gasteiger partial charge in [0.25, 0.3) is 0 Å². The lowest BCUT2D eigenvalue weighted by Gasteiger charge is -2.41. The SMILES string of the molecule is CC(C)N(C)CC1(CNC2CC2)CCCCC1. The third-order valence-corrected chi connectivity index (χ3v) is 4.72. The fourth-order valence-electron chi connectivity index (χ4n) is 3.05. The van der Waals surface area contributed by atoms with Crippen molar-refractivity contribution in [3.05, 3.63) is 0 Å². The quantitative estimate of drug-likeness (QED) is 0.765. The predicted octanol–water partition coefficient (Wildman–Crippen LogP) is 3.03. The molecule has 0 bridgehead atoms. The molecule has 1 N–H and O–H groups in total. The van der Waals surface area contributed by atoms with Gasteiger partial charge in [0, 0.05) is 25.2 Å². The van der Waals surface area contributed by atoms with Crippen molar-refractivity contribution in [1.29, 1.82) is 0 Å². The molecule has 2 aliphatic rings. The Kier molecular flexibility index (Phi) is 4.48. The molecule has 0 atom stereocenters. The smallest absolute Gasteiger partial charge is 0.00684 e.